The molecule has 0 bridgehead atoms. The molecule has 4 nitrogen and oxygen atoms in total. The number of phenolic OH excluding ortho intramolecular Hbond substituents is 1. The summed E-state index contributed by atoms with van der Waals surface area (Å²) in [6, 6.07) is 8.37. The van der Waals surface area contributed by atoms with Crippen molar-refractivity contribution < 1.29 is 9.90 Å². The van der Waals surface area contributed by atoms with Crippen LogP contribution in [0.3, 0.4) is 0 Å². The van der Waals surface area contributed by atoms with Crippen LogP contribution in [0.1, 0.15) is 32.3 Å². The second-order valence-corrected chi connectivity index (χ2v) is 4.55. The lowest BCUT2D eigenvalue weighted by Gasteiger charge is -2.20. The van der Waals surface area contributed by atoms with Crippen LogP contribution < -0.4 is 0 Å². The molecule has 0 saturated carbocycles. The second kappa shape index (κ2) is 8.00. The summed E-state index contributed by atoms with van der Waals surface area (Å²) in [5.74, 6) is -0.0742. The van der Waals surface area contributed by atoms with Crippen molar-refractivity contribution in [2.45, 2.75) is 26.7 Å². The summed E-state index contributed by atoms with van der Waals surface area (Å²) in [5.41, 5.74) is 0.846. The molecular weight excluding hydrogens is 252 g/mol. The van der Waals surface area contributed by atoms with E-state index in [0.717, 1.165) is 18.4 Å². The molecule has 0 atom stereocenters. The van der Waals surface area contributed by atoms with Gasteiger partial charge in [-0.1, -0.05) is 26.0 Å². The minimum atomic E-state index is -0.232. The summed E-state index contributed by atoms with van der Waals surface area (Å²) in [5, 5.41) is 18.4. The molecule has 0 aliphatic heterocycles. The number of nitrogens with zero attached hydrogens (tertiary/aromatic N) is 2. The van der Waals surface area contributed by atoms with E-state index in [1.165, 1.54) is 12.1 Å². The lowest BCUT2D eigenvalue weighted by molar-refractivity contribution is -0.126. The van der Waals surface area contributed by atoms with Crippen molar-refractivity contribution in [2.75, 3.05) is 13.1 Å². The number of hydrogen-bond acceptors (Lipinski definition) is 3. The number of rotatable bonds is 6. The summed E-state index contributed by atoms with van der Waals surface area (Å²) in [6.45, 7) is 5.32. The van der Waals surface area contributed by atoms with Crippen LogP contribution in [0, 0.1) is 11.3 Å². The number of benzene rings is 1. The first-order valence-electron chi connectivity index (χ1n) is 6.82. The molecule has 1 aromatic rings. The molecule has 0 unspecified atom stereocenters. The average Bonchev–Trinajstić information content (AvgIpc) is 2.46. The summed E-state index contributed by atoms with van der Waals surface area (Å²) in [7, 11) is 0. The van der Waals surface area contributed by atoms with E-state index < -0.39 is 0 Å². The maximum atomic E-state index is 12.3. The predicted octanol–water partition coefficient (Wildman–Crippen LogP) is 2.95. The Balaban J connectivity index is 2.96. The van der Waals surface area contributed by atoms with E-state index in [-0.39, 0.29) is 17.2 Å². The largest absolute Gasteiger partial charge is 0.508 e. The van der Waals surface area contributed by atoms with E-state index >= 15 is 0 Å². The third kappa shape index (κ3) is 4.43. The SMILES string of the molecule is CCCN(CCC)C(=O)/C(C#N)=C/c1ccc(O)cc1. The van der Waals surface area contributed by atoms with Gasteiger partial charge in [-0.3, -0.25) is 4.79 Å². The van der Waals surface area contributed by atoms with Crippen molar-refractivity contribution in [3.8, 4) is 11.8 Å². The standard InChI is InChI=1S/C16H20N2O2/c1-3-9-18(10-4-2)16(20)14(12-17)11-13-5-7-15(19)8-6-13/h5-8,11,19H,3-4,9-10H2,1-2H3/b14-11+. The summed E-state index contributed by atoms with van der Waals surface area (Å²) in [4.78, 5) is 14.0. The zero-order chi connectivity index (χ0) is 15.0. The molecule has 0 radical (unpaired) electrons. The molecule has 1 rings (SSSR count). The number of carbonyl (C=O) groups excluding carboxylic acids is 1. The van der Waals surface area contributed by atoms with Crippen LogP contribution in [0.15, 0.2) is 29.8 Å². The van der Waals surface area contributed by atoms with Crippen LogP contribution in [0.25, 0.3) is 6.08 Å². The molecule has 1 N–H and O–H groups in total. The van der Waals surface area contributed by atoms with Crippen molar-refractivity contribution >= 4 is 12.0 Å². The van der Waals surface area contributed by atoms with Gasteiger partial charge in [0.15, 0.2) is 0 Å². The fourth-order valence-corrected chi connectivity index (χ4v) is 1.90. The number of phenols is 1. The number of hydrogen-bond donors (Lipinski definition) is 1. The first-order chi connectivity index (χ1) is 9.62. The third-order valence-corrected chi connectivity index (χ3v) is 2.83. The molecule has 0 fully saturated rings. The number of amides is 1. The highest BCUT2D eigenvalue weighted by Crippen LogP contribution is 2.14. The maximum Gasteiger partial charge on any atom is 0.264 e. The van der Waals surface area contributed by atoms with Crippen LogP contribution in [-0.4, -0.2) is 29.0 Å². The summed E-state index contributed by atoms with van der Waals surface area (Å²) in [6.07, 6.45) is 3.29. The van der Waals surface area contributed by atoms with E-state index in [1.807, 2.05) is 19.9 Å². The second-order valence-electron chi connectivity index (χ2n) is 4.55. The van der Waals surface area contributed by atoms with Crippen LogP contribution in [0.2, 0.25) is 0 Å². The molecule has 1 amide bonds. The van der Waals surface area contributed by atoms with E-state index in [4.69, 9.17) is 0 Å². The van der Waals surface area contributed by atoms with Gasteiger partial charge in [0, 0.05) is 13.1 Å². The van der Waals surface area contributed by atoms with Gasteiger partial charge in [0.25, 0.3) is 5.91 Å². The monoisotopic (exact) mass is 272 g/mol. The molecule has 0 aliphatic rings. The fourth-order valence-electron chi connectivity index (χ4n) is 1.90. The van der Waals surface area contributed by atoms with Gasteiger partial charge in [-0.2, -0.15) is 5.26 Å². The van der Waals surface area contributed by atoms with Crippen molar-refractivity contribution in [3.63, 3.8) is 0 Å². The van der Waals surface area contributed by atoms with Crippen LogP contribution in [0.4, 0.5) is 0 Å². The lowest BCUT2D eigenvalue weighted by atomic mass is 10.1. The van der Waals surface area contributed by atoms with Crippen molar-refractivity contribution in [3.05, 3.63) is 35.4 Å². The molecule has 0 aromatic heterocycles. The van der Waals surface area contributed by atoms with Crippen LogP contribution in [-0.2, 0) is 4.79 Å². The highest BCUT2D eigenvalue weighted by Gasteiger charge is 2.16. The minimum Gasteiger partial charge on any atom is -0.508 e. The summed E-state index contributed by atoms with van der Waals surface area (Å²) < 4.78 is 0. The Kier molecular flexibility index (Phi) is 6.31. The van der Waals surface area contributed by atoms with Crippen LogP contribution in [0.5, 0.6) is 5.75 Å². The van der Waals surface area contributed by atoms with Gasteiger partial charge >= 0.3 is 0 Å². The average molecular weight is 272 g/mol. The highest BCUT2D eigenvalue weighted by atomic mass is 16.3. The molecular formula is C16H20N2O2. The molecule has 106 valence electrons. The highest BCUT2D eigenvalue weighted by molar-refractivity contribution is 6.01. The van der Waals surface area contributed by atoms with E-state index in [9.17, 15) is 15.2 Å². The van der Waals surface area contributed by atoms with E-state index in [1.54, 1.807) is 23.1 Å². The van der Waals surface area contributed by atoms with Crippen molar-refractivity contribution in [1.82, 2.24) is 4.90 Å². The van der Waals surface area contributed by atoms with Gasteiger partial charge in [-0.05, 0) is 36.6 Å². The molecule has 4 heteroatoms. The van der Waals surface area contributed by atoms with E-state index in [0.29, 0.717) is 13.1 Å². The first-order valence-corrected chi connectivity index (χ1v) is 6.82. The molecule has 1 aromatic carbocycles. The van der Waals surface area contributed by atoms with Crippen molar-refractivity contribution in [1.29, 1.82) is 5.26 Å². The molecule has 20 heavy (non-hydrogen) atoms. The molecule has 0 heterocycles. The first kappa shape index (κ1) is 15.8. The van der Waals surface area contributed by atoms with Gasteiger partial charge in [0.05, 0.1) is 0 Å². The Morgan fingerprint density at radius 3 is 2.25 bits per heavy atom. The van der Waals surface area contributed by atoms with Crippen LogP contribution >= 0.6 is 0 Å². The van der Waals surface area contributed by atoms with E-state index in [2.05, 4.69) is 0 Å². The Hall–Kier alpha value is -2.28. The Morgan fingerprint density at radius 1 is 1.25 bits per heavy atom. The lowest BCUT2D eigenvalue weighted by Crippen LogP contribution is -2.33. The van der Waals surface area contributed by atoms with Gasteiger partial charge in [0.2, 0.25) is 0 Å². The van der Waals surface area contributed by atoms with Crippen molar-refractivity contribution in [2.24, 2.45) is 0 Å². The van der Waals surface area contributed by atoms with Gasteiger partial charge < -0.3 is 10.0 Å². The smallest absolute Gasteiger partial charge is 0.264 e. The van der Waals surface area contributed by atoms with Gasteiger partial charge in [-0.15, -0.1) is 0 Å². The topological polar surface area (TPSA) is 64.3 Å². The van der Waals surface area contributed by atoms with Gasteiger partial charge in [0.1, 0.15) is 17.4 Å². The maximum absolute atomic E-state index is 12.3. The van der Waals surface area contributed by atoms with Gasteiger partial charge in [-0.25, -0.2) is 0 Å². The number of nitriles is 1. The molecule has 0 saturated heterocycles. The number of carbonyl (C=O) groups is 1. The molecule has 0 spiro atoms. The zero-order valence-electron chi connectivity index (χ0n) is 12.0. The molecule has 0 aliphatic carbocycles. The fraction of sp³-hybridized carbons (Fsp3) is 0.375. The summed E-state index contributed by atoms with van der Waals surface area (Å²) >= 11 is 0. The Morgan fingerprint density at radius 2 is 1.80 bits per heavy atom. The third-order valence-electron chi connectivity index (χ3n) is 2.83. The Labute approximate surface area is 119 Å². The number of aromatic hydroxyl groups is 1. The zero-order valence-corrected chi connectivity index (χ0v) is 12.0. The Bertz CT molecular complexity index is 506. The minimum absolute atomic E-state index is 0.123. The normalized spacial score (nSPS) is 10.9. The predicted molar refractivity (Wildman–Crippen MR) is 78.9 cm³/mol. The quantitative estimate of drug-likeness (QED) is 0.639.